The summed E-state index contributed by atoms with van der Waals surface area (Å²) >= 11 is 0. The highest BCUT2D eigenvalue weighted by atomic mass is 14.9. The molecule has 9 heavy (non-hydrogen) atoms. The lowest BCUT2D eigenvalue weighted by atomic mass is 9.91. The second-order valence-corrected chi connectivity index (χ2v) is 2.88. The van der Waals surface area contributed by atoms with Gasteiger partial charge >= 0.3 is 0 Å². The van der Waals surface area contributed by atoms with Gasteiger partial charge in [0, 0.05) is 0 Å². The molecule has 0 bridgehead atoms. The quantitative estimate of drug-likeness (QED) is 0.561. The minimum Gasteiger partial charge on any atom is -0.313 e. The summed E-state index contributed by atoms with van der Waals surface area (Å²) in [5, 5.41) is 0. The minimum atomic E-state index is -0.483. The summed E-state index contributed by atoms with van der Waals surface area (Å²) in [6, 6.07) is 0. The van der Waals surface area contributed by atoms with Gasteiger partial charge in [-0.1, -0.05) is 26.7 Å². The van der Waals surface area contributed by atoms with Gasteiger partial charge in [-0.05, 0) is 12.8 Å². The zero-order valence-corrected chi connectivity index (χ0v) is 6.65. The maximum atomic E-state index is 5.68. The van der Waals surface area contributed by atoms with Crippen LogP contribution in [0.1, 0.15) is 33.6 Å². The summed E-state index contributed by atoms with van der Waals surface area (Å²) in [7, 11) is 0. The smallest absolute Gasteiger partial charge is 0.0636 e. The molecule has 56 valence electrons. The van der Waals surface area contributed by atoms with Gasteiger partial charge in [-0.3, -0.25) is 0 Å². The zero-order chi connectivity index (χ0) is 7.49. The van der Waals surface area contributed by atoms with Crippen LogP contribution in [-0.4, -0.2) is 5.66 Å². The van der Waals surface area contributed by atoms with E-state index in [9.17, 15) is 0 Å². The van der Waals surface area contributed by atoms with Crippen LogP contribution >= 0.6 is 0 Å². The first-order valence-electron chi connectivity index (χ1n) is 3.60. The molecule has 0 aliphatic carbocycles. The third kappa shape index (κ3) is 2.82. The third-order valence-corrected chi connectivity index (χ3v) is 1.87. The molecule has 0 atom stereocenters. The standard InChI is InChI=1S/C7H18N2/c1-4-6(5-2)7(3,8)9/h6H,4-5,8-9H2,1-3H3. The molecule has 0 amide bonds. The lowest BCUT2D eigenvalue weighted by Gasteiger charge is -2.28. The summed E-state index contributed by atoms with van der Waals surface area (Å²) in [5.74, 6) is 0.456. The second-order valence-electron chi connectivity index (χ2n) is 2.88. The molecule has 4 N–H and O–H groups in total. The second kappa shape index (κ2) is 3.18. The van der Waals surface area contributed by atoms with Gasteiger partial charge in [0.05, 0.1) is 5.66 Å². The molecule has 2 heteroatoms. The topological polar surface area (TPSA) is 52.0 Å². The summed E-state index contributed by atoms with van der Waals surface area (Å²) in [5.41, 5.74) is 10.9. The lowest BCUT2D eigenvalue weighted by Crippen LogP contribution is -2.52. The van der Waals surface area contributed by atoms with Gasteiger partial charge < -0.3 is 11.5 Å². The predicted octanol–water partition coefficient (Wildman–Crippen LogP) is 1.06. The Morgan fingerprint density at radius 3 is 1.56 bits per heavy atom. The van der Waals surface area contributed by atoms with Crippen LogP contribution in [0.3, 0.4) is 0 Å². The van der Waals surface area contributed by atoms with Crippen LogP contribution in [-0.2, 0) is 0 Å². The molecular formula is C7H18N2. The Balaban J connectivity index is 3.79. The van der Waals surface area contributed by atoms with Crippen LogP contribution in [0.25, 0.3) is 0 Å². The van der Waals surface area contributed by atoms with E-state index in [-0.39, 0.29) is 0 Å². The molecule has 0 saturated heterocycles. The highest BCUT2D eigenvalue weighted by Crippen LogP contribution is 2.15. The molecule has 0 radical (unpaired) electrons. The molecule has 0 saturated carbocycles. The highest BCUT2D eigenvalue weighted by molar-refractivity contribution is 4.78. The van der Waals surface area contributed by atoms with Crippen molar-refractivity contribution in [3.05, 3.63) is 0 Å². The molecule has 0 spiro atoms. The number of hydrogen-bond acceptors (Lipinski definition) is 2. The van der Waals surface area contributed by atoms with Crippen molar-refractivity contribution in [2.75, 3.05) is 0 Å². The van der Waals surface area contributed by atoms with Crippen molar-refractivity contribution >= 4 is 0 Å². The normalized spacial score (nSPS) is 12.7. The van der Waals surface area contributed by atoms with E-state index in [0.717, 1.165) is 12.8 Å². The first-order chi connectivity index (χ1) is 4.02. The van der Waals surface area contributed by atoms with Gasteiger partial charge in [-0.15, -0.1) is 0 Å². The average Bonchev–Trinajstić information content (AvgIpc) is 1.65. The number of nitrogens with two attached hydrogens (primary N) is 2. The van der Waals surface area contributed by atoms with Crippen LogP contribution in [0.15, 0.2) is 0 Å². The van der Waals surface area contributed by atoms with Gasteiger partial charge in [-0.2, -0.15) is 0 Å². The number of rotatable bonds is 3. The zero-order valence-electron chi connectivity index (χ0n) is 6.65. The molecule has 0 aromatic rings. The predicted molar refractivity (Wildman–Crippen MR) is 40.9 cm³/mol. The first kappa shape index (κ1) is 8.92. The fourth-order valence-corrected chi connectivity index (χ4v) is 1.17. The van der Waals surface area contributed by atoms with Crippen molar-refractivity contribution in [2.45, 2.75) is 39.3 Å². The van der Waals surface area contributed by atoms with Gasteiger partial charge in [0.25, 0.3) is 0 Å². The largest absolute Gasteiger partial charge is 0.313 e. The van der Waals surface area contributed by atoms with E-state index in [1.54, 1.807) is 0 Å². The van der Waals surface area contributed by atoms with Crippen LogP contribution in [0.2, 0.25) is 0 Å². The molecule has 0 aliphatic heterocycles. The molecule has 0 aliphatic rings. The fraction of sp³-hybridized carbons (Fsp3) is 1.00. The third-order valence-electron chi connectivity index (χ3n) is 1.87. The molecule has 0 fully saturated rings. The van der Waals surface area contributed by atoms with Crippen molar-refractivity contribution in [3.8, 4) is 0 Å². The Kier molecular flexibility index (Phi) is 3.15. The highest BCUT2D eigenvalue weighted by Gasteiger charge is 2.21. The van der Waals surface area contributed by atoms with Gasteiger partial charge in [0.15, 0.2) is 0 Å². The molecule has 2 nitrogen and oxygen atoms in total. The van der Waals surface area contributed by atoms with Crippen molar-refractivity contribution < 1.29 is 0 Å². The molecular weight excluding hydrogens is 112 g/mol. The van der Waals surface area contributed by atoms with Gasteiger partial charge in [-0.25, -0.2) is 0 Å². The Bertz CT molecular complexity index is 69.5. The lowest BCUT2D eigenvalue weighted by molar-refractivity contribution is 0.286. The van der Waals surface area contributed by atoms with Crippen LogP contribution in [0.4, 0.5) is 0 Å². The molecule has 0 aromatic heterocycles. The van der Waals surface area contributed by atoms with E-state index in [0.29, 0.717) is 5.92 Å². The summed E-state index contributed by atoms with van der Waals surface area (Å²) in [6.45, 7) is 6.11. The summed E-state index contributed by atoms with van der Waals surface area (Å²) in [6.07, 6.45) is 2.14. The molecule has 0 rings (SSSR count). The van der Waals surface area contributed by atoms with Gasteiger partial charge in [0.1, 0.15) is 0 Å². The van der Waals surface area contributed by atoms with E-state index in [1.807, 2.05) is 6.92 Å². The Labute approximate surface area is 57.6 Å². The van der Waals surface area contributed by atoms with Crippen LogP contribution in [0.5, 0.6) is 0 Å². The summed E-state index contributed by atoms with van der Waals surface area (Å²) < 4.78 is 0. The Hall–Kier alpha value is -0.0800. The molecule has 0 aromatic carbocycles. The summed E-state index contributed by atoms with van der Waals surface area (Å²) in [4.78, 5) is 0. The first-order valence-corrected chi connectivity index (χ1v) is 3.60. The van der Waals surface area contributed by atoms with E-state index in [2.05, 4.69) is 13.8 Å². The van der Waals surface area contributed by atoms with E-state index in [1.165, 1.54) is 0 Å². The minimum absolute atomic E-state index is 0.456. The fourth-order valence-electron chi connectivity index (χ4n) is 1.17. The van der Waals surface area contributed by atoms with E-state index >= 15 is 0 Å². The maximum absolute atomic E-state index is 5.68. The maximum Gasteiger partial charge on any atom is 0.0636 e. The van der Waals surface area contributed by atoms with Crippen molar-refractivity contribution in [3.63, 3.8) is 0 Å². The SMILES string of the molecule is CCC(CC)C(C)(N)N. The number of hydrogen-bond donors (Lipinski definition) is 2. The van der Waals surface area contributed by atoms with E-state index < -0.39 is 5.66 Å². The van der Waals surface area contributed by atoms with E-state index in [4.69, 9.17) is 11.5 Å². The average molecular weight is 130 g/mol. The molecule has 0 unspecified atom stereocenters. The Morgan fingerprint density at radius 2 is 1.56 bits per heavy atom. The monoisotopic (exact) mass is 130 g/mol. The van der Waals surface area contributed by atoms with Crippen LogP contribution < -0.4 is 11.5 Å². The van der Waals surface area contributed by atoms with Crippen molar-refractivity contribution in [1.29, 1.82) is 0 Å². The van der Waals surface area contributed by atoms with Crippen molar-refractivity contribution in [2.24, 2.45) is 17.4 Å². The van der Waals surface area contributed by atoms with Crippen molar-refractivity contribution in [1.82, 2.24) is 0 Å². The molecule has 0 heterocycles. The van der Waals surface area contributed by atoms with Gasteiger partial charge in [0.2, 0.25) is 0 Å². The van der Waals surface area contributed by atoms with Crippen LogP contribution in [0, 0.1) is 5.92 Å². The Morgan fingerprint density at radius 1 is 1.22 bits per heavy atom.